The van der Waals surface area contributed by atoms with E-state index in [-0.39, 0.29) is 17.7 Å². The van der Waals surface area contributed by atoms with Crippen molar-refractivity contribution >= 4 is 5.97 Å². The summed E-state index contributed by atoms with van der Waals surface area (Å²) in [5, 5.41) is 8.86. The topological polar surface area (TPSA) is 50.2 Å². The summed E-state index contributed by atoms with van der Waals surface area (Å²) in [6.07, 6.45) is 4.25. The van der Waals surface area contributed by atoms with Crippen molar-refractivity contribution in [1.29, 1.82) is 0 Å². The third-order valence-electron chi connectivity index (χ3n) is 3.25. The fourth-order valence-electron chi connectivity index (χ4n) is 2.31. The van der Waals surface area contributed by atoms with E-state index in [2.05, 4.69) is 4.98 Å². The first-order chi connectivity index (χ1) is 7.68. The second-order valence-corrected chi connectivity index (χ2v) is 4.26. The maximum atomic E-state index is 13.5. The highest BCUT2D eigenvalue weighted by atomic mass is 19.1. The Labute approximate surface area is 93.3 Å². The highest BCUT2D eigenvalue weighted by molar-refractivity contribution is 5.70. The molecule has 2 rings (SSSR count). The number of carboxylic acids is 1. The van der Waals surface area contributed by atoms with E-state index < -0.39 is 5.97 Å². The Morgan fingerprint density at radius 1 is 1.38 bits per heavy atom. The number of hydrogen-bond donors (Lipinski definition) is 1. The van der Waals surface area contributed by atoms with Crippen molar-refractivity contribution in [2.45, 2.75) is 31.6 Å². The van der Waals surface area contributed by atoms with Crippen LogP contribution in [0.25, 0.3) is 0 Å². The van der Waals surface area contributed by atoms with Crippen molar-refractivity contribution in [1.82, 2.24) is 4.98 Å². The molecule has 0 saturated heterocycles. The standard InChI is InChI=1S/C12H14FNO2/c13-10-2-1-7-14-11(10)8-3-5-9(6-4-8)12(15)16/h1-2,7-9H,3-6H2,(H,15,16)/t8-,9-. The number of rotatable bonds is 2. The first-order valence-corrected chi connectivity index (χ1v) is 5.51. The summed E-state index contributed by atoms with van der Waals surface area (Å²) in [6.45, 7) is 0. The van der Waals surface area contributed by atoms with Gasteiger partial charge in [-0.3, -0.25) is 9.78 Å². The molecule has 3 nitrogen and oxygen atoms in total. The average molecular weight is 223 g/mol. The second-order valence-electron chi connectivity index (χ2n) is 4.26. The Morgan fingerprint density at radius 2 is 2.06 bits per heavy atom. The third kappa shape index (κ3) is 2.21. The van der Waals surface area contributed by atoms with Crippen LogP contribution in [0.15, 0.2) is 18.3 Å². The van der Waals surface area contributed by atoms with Gasteiger partial charge < -0.3 is 5.11 Å². The van der Waals surface area contributed by atoms with E-state index in [0.717, 1.165) is 0 Å². The largest absolute Gasteiger partial charge is 0.481 e. The van der Waals surface area contributed by atoms with E-state index in [1.807, 2.05) is 0 Å². The number of nitrogens with zero attached hydrogens (tertiary/aromatic N) is 1. The molecule has 0 radical (unpaired) electrons. The number of carboxylic acid groups (broad SMARTS) is 1. The molecule has 1 aromatic rings. The fraction of sp³-hybridized carbons (Fsp3) is 0.500. The number of aromatic nitrogens is 1. The van der Waals surface area contributed by atoms with E-state index in [0.29, 0.717) is 31.4 Å². The van der Waals surface area contributed by atoms with Crippen LogP contribution in [0.1, 0.15) is 37.3 Å². The van der Waals surface area contributed by atoms with E-state index in [9.17, 15) is 9.18 Å². The molecule has 0 amide bonds. The van der Waals surface area contributed by atoms with Gasteiger partial charge in [0, 0.05) is 12.1 Å². The maximum absolute atomic E-state index is 13.5. The van der Waals surface area contributed by atoms with E-state index in [1.165, 1.54) is 6.07 Å². The predicted octanol–water partition coefficient (Wildman–Crippen LogP) is 2.58. The molecule has 1 aliphatic carbocycles. The third-order valence-corrected chi connectivity index (χ3v) is 3.25. The zero-order valence-electron chi connectivity index (χ0n) is 8.90. The summed E-state index contributed by atoms with van der Waals surface area (Å²) >= 11 is 0. The molecule has 0 aliphatic heterocycles. The van der Waals surface area contributed by atoms with Gasteiger partial charge in [-0.2, -0.15) is 0 Å². The number of pyridine rings is 1. The van der Waals surface area contributed by atoms with Gasteiger partial charge in [0.1, 0.15) is 5.82 Å². The molecule has 1 fully saturated rings. The summed E-state index contributed by atoms with van der Waals surface area (Å²) in [5.74, 6) is -1.19. The highest BCUT2D eigenvalue weighted by Crippen LogP contribution is 2.35. The molecule has 1 heterocycles. The molecule has 0 bridgehead atoms. The molecular weight excluding hydrogens is 209 g/mol. The minimum Gasteiger partial charge on any atom is -0.481 e. The SMILES string of the molecule is O=C(O)[C@H]1CC[C@H](c2ncccc2F)CC1. The molecule has 0 spiro atoms. The van der Waals surface area contributed by atoms with Crippen molar-refractivity contribution < 1.29 is 14.3 Å². The Hall–Kier alpha value is -1.45. The van der Waals surface area contributed by atoms with Crippen LogP contribution in [0.2, 0.25) is 0 Å². The fourth-order valence-corrected chi connectivity index (χ4v) is 2.31. The lowest BCUT2D eigenvalue weighted by Crippen LogP contribution is -2.21. The lowest BCUT2D eigenvalue weighted by molar-refractivity contribution is -0.142. The average Bonchev–Trinajstić information content (AvgIpc) is 2.30. The molecule has 0 aromatic carbocycles. The van der Waals surface area contributed by atoms with Gasteiger partial charge in [0.15, 0.2) is 0 Å². The van der Waals surface area contributed by atoms with E-state index >= 15 is 0 Å². The normalized spacial score (nSPS) is 25.3. The molecule has 16 heavy (non-hydrogen) atoms. The lowest BCUT2D eigenvalue weighted by Gasteiger charge is -2.25. The summed E-state index contributed by atoms with van der Waals surface area (Å²) < 4.78 is 13.5. The van der Waals surface area contributed by atoms with Gasteiger partial charge in [-0.05, 0) is 37.8 Å². The van der Waals surface area contributed by atoms with Crippen molar-refractivity contribution in [3.05, 3.63) is 29.8 Å². The lowest BCUT2D eigenvalue weighted by atomic mass is 9.80. The van der Waals surface area contributed by atoms with Crippen LogP contribution in [0, 0.1) is 11.7 Å². The van der Waals surface area contributed by atoms with E-state index in [1.54, 1.807) is 12.3 Å². The van der Waals surface area contributed by atoms with Gasteiger partial charge in [0.25, 0.3) is 0 Å². The van der Waals surface area contributed by atoms with Crippen LogP contribution in [0.5, 0.6) is 0 Å². The van der Waals surface area contributed by atoms with Crippen LogP contribution < -0.4 is 0 Å². The van der Waals surface area contributed by atoms with Crippen molar-refractivity contribution in [3.8, 4) is 0 Å². The molecule has 1 N–H and O–H groups in total. The summed E-state index contributed by atoms with van der Waals surface area (Å²) in [4.78, 5) is 14.8. The van der Waals surface area contributed by atoms with Gasteiger partial charge in [-0.25, -0.2) is 4.39 Å². The van der Waals surface area contributed by atoms with Gasteiger partial charge >= 0.3 is 5.97 Å². The van der Waals surface area contributed by atoms with Gasteiger partial charge in [-0.15, -0.1) is 0 Å². The molecule has 0 atom stereocenters. The Bertz CT molecular complexity index is 386. The Kier molecular flexibility index (Phi) is 3.17. The van der Waals surface area contributed by atoms with Crippen molar-refractivity contribution in [2.75, 3.05) is 0 Å². The number of carbonyl (C=O) groups is 1. The Balaban J connectivity index is 2.05. The molecule has 1 aromatic heterocycles. The van der Waals surface area contributed by atoms with Crippen LogP contribution in [-0.2, 0) is 4.79 Å². The quantitative estimate of drug-likeness (QED) is 0.838. The Morgan fingerprint density at radius 3 is 2.62 bits per heavy atom. The highest BCUT2D eigenvalue weighted by Gasteiger charge is 2.28. The molecule has 1 saturated carbocycles. The number of aliphatic carboxylic acids is 1. The molecule has 86 valence electrons. The van der Waals surface area contributed by atoms with Crippen molar-refractivity contribution in [2.24, 2.45) is 5.92 Å². The van der Waals surface area contributed by atoms with Crippen LogP contribution in [0.4, 0.5) is 4.39 Å². The summed E-state index contributed by atoms with van der Waals surface area (Å²) in [5.41, 5.74) is 0.492. The van der Waals surface area contributed by atoms with Gasteiger partial charge in [0.2, 0.25) is 0 Å². The second kappa shape index (κ2) is 4.60. The molecule has 4 heteroatoms. The number of hydrogen-bond acceptors (Lipinski definition) is 2. The monoisotopic (exact) mass is 223 g/mol. The maximum Gasteiger partial charge on any atom is 0.306 e. The first kappa shape index (κ1) is 11.0. The minimum absolute atomic E-state index is 0.0804. The molecular formula is C12H14FNO2. The number of halogens is 1. The van der Waals surface area contributed by atoms with Crippen LogP contribution >= 0.6 is 0 Å². The minimum atomic E-state index is -0.736. The predicted molar refractivity (Wildman–Crippen MR) is 56.5 cm³/mol. The van der Waals surface area contributed by atoms with Gasteiger partial charge in [-0.1, -0.05) is 0 Å². The zero-order valence-corrected chi connectivity index (χ0v) is 8.90. The smallest absolute Gasteiger partial charge is 0.306 e. The first-order valence-electron chi connectivity index (χ1n) is 5.51. The van der Waals surface area contributed by atoms with Crippen LogP contribution in [-0.4, -0.2) is 16.1 Å². The van der Waals surface area contributed by atoms with Crippen molar-refractivity contribution in [3.63, 3.8) is 0 Å². The van der Waals surface area contributed by atoms with Crippen LogP contribution in [0.3, 0.4) is 0 Å². The zero-order chi connectivity index (χ0) is 11.5. The summed E-state index contributed by atoms with van der Waals surface area (Å²) in [7, 11) is 0. The molecule has 1 aliphatic rings. The summed E-state index contributed by atoms with van der Waals surface area (Å²) in [6, 6.07) is 2.98. The van der Waals surface area contributed by atoms with E-state index in [4.69, 9.17) is 5.11 Å². The molecule has 0 unspecified atom stereocenters. The van der Waals surface area contributed by atoms with Gasteiger partial charge in [0.05, 0.1) is 11.6 Å².